The molecule has 0 saturated heterocycles. The highest BCUT2D eigenvalue weighted by Gasteiger charge is 2.11. The predicted molar refractivity (Wildman–Crippen MR) is 74.1 cm³/mol. The zero-order valence-corrected chi connectivity index (χ0v) is 11.7. The number of ether oxygens (including phenoxy) is 1. The van der Waals surface area contributed by atoms with Crippen molar-refractivity contribution in [1.82, 2.24) is 4.90 Å². The Hall–Kier alpha value is -0.730. The van der Waals surface area contributed by atoms with Crippen molar-refractivity contribution in [3.8, 4) is 5.75 Å². The van der Waals surface area contributed by atoms with Crippen molar-refractivity contribution in [2.75, 3.05) is 26.1 Å². The van der Waals surface area contributed by atoms with E-state index >= 15 is 0 Å². The first-order valence-electron chi connectivity index (χ1n) is 6.14. The number of methoxy groups -OCH3 is 1. The monoisotopic (exact) mass is 255 g/mol. The zero-order chi connectivity index (χ0) is 12.7. The highest BCUT2D eigenvalue weighted by atomic mass is 35.5. The van der Waals surface area contributed by atoms with Crippen LogP contribution in [-0.4, -0.2) is 37.0 Å². The Morgan fingerprint density at radius 2 is 1.94 bits per heavy atom. The van der Waals surface area contributed by atoms with E-state index in [1.165, 1.54) is 5.56 Å². The first-order chi connectivity index (χ1) is 8.21. The summed E-state index contributed by atoms with van der Waals surface area (Å²) >= 11 is 5.80. The van der Waals surface area contributed by atoms with E-state index in [1.54, 1.807) is 7.11 Å². The maximum atomic E-state index is 5.80. The van der Waals surface area contributed by atoms with Gasteiger partial charge in [0.15, 0.2) is 0 Å². The van der Waals surface area contributed by atoms with Gasteiger partial charge in [-0.05, 0) is 37.6 Å². The molecule has 1 aromatic carbocycles. The fourth-order valence-electron chi connectivity index (χ4n) is 2.03. The lowest BCUT2D eigenvalue weighted by molar-refractivity contribution is 0.231. The van der Waals surface area contributed by atoms with Crippen LogP contribution in [0.1, 0.15) is 19.4 Å². The molecule has 0 aromatic heterocycles. The fraction of sp³-hybridized carbons (Fsp3) is 0.571. The average Bonchev–Trinajstić information content (AvgIpc) is 2.36. The summed E-state index contributed by atoms with van der Waals surface area (Å²) in [5.41, 5.74) is 1.34. The van der Waals surface area contributed by atoms with Crippen LogP contribution < -0.4 is 4.74 Å². The number of hydrogen-bond acceptors (Lipinski definition) is 2. The third-order valence-corrected chi connectivity index (χ3v) is 3.26. The summed E-state index contributed by atoms with van der Waals surface area (Å²) in [6.45, 7) is 6.43. The minimum Gasteiger partial charge on any atom is -0.497 e. The molecule has 1 rings (SSSR count). The second kappa shape index (κ2) is 7.57. The van der Waals surface area contributed by atoms with E-state index in [1.807, 2.05) is 12.1 Å². The van der Waals surface area contributed by atoms with Crippen LogP contribution in [0.25, 0.3) is 0 Å². The summed E-state index contributed by atoms with van der Waals surface area (Å²) in [5, 5.41) is 0. The molecule has 1 atom stereocenters. The predicted octanol–water partition coefficient (Wildman–Crippen LogP) is 3.19. The molecule has 0 saturated carbocycles. The van der Waals surface area contributed by atoms with E-state index in [0.29, 0.717) is 11.9 Å². The largest absolute Gasteiger partial charge is 0.497 e. The van der Waals surface area contributed by atoms with Crippen molar-refractivity contribution in [1.29, 1.82) is 0 Å². The van der Waals surface area contributed by atoms with Crippen LogP contribution >= 0.6 is 11.6 Å². The van der Waals surface area contributed by atoms with E-state index in [9.17, 15) is 0 Å². The van der Waals surface area contributed by atoms with Gasteiger partial charge in [-0.1, -0.05) is 19.1 Å². The van der Waals surface area contributed by atoms with Gasteiger partial charge in [-0.15, -0.1) is 11.6 Å². The van der Waals surface area contributed by atoms with E-state index in [2.05, 4.69) is 30.9 Å². The lowest BCUT2D eigenvalue weighted by Crippen LogP contribution is -2.35. The van der Waals surface area contributed by atoms with Crippen molar-refractivity contribution in [2.24, 2.45) is 0 Å². The number of alkyl halides is 1. The topological polar surface area (TPSA) is 12.5 Å². The van der Waals surface area contributed by atoms with Gasteiger partial charge in [0.2, 0.25) is 0 Å². The van der Waals surface area contributed by atoms with Gasteiger partial charge in [0, 0.05) is 18.5 Å². The molecule has 1 unspecified atom stereocenters. The number of hydrogen-bond donors (Lipinski definition) is 0. The summed E-state index contributed by atoms with van der Waals surface area (Å²) in [7, 11) is 1.69. The van der Waals surface area contributed by atoms with Gasteiger partial charge in [0.25, 0.3) is 0 Å². The zero-order valence-electron chi connectivity index (χ0n) is 10.9. The Morgan fingerprint density at radius 3 is 2.41 bits per heavy atom. The smallest absolute Gasteiger partial charge is 0.118 e. The van der Waals surface area contributed by atoms with E-state index in [4.69, 9.17) is 16.3 Å². The normalized spacial score (nSPS) is 12.8. The number of nitrogens with zero attached hydrogens (tertiary/aromatic N) is 1. The molecule has 3 heteroatoms. The summed E-state index contributed by atoms with van der Waals surface area (Å²) < 4.78 is 5.15. The molecular formula is C14H22ClNO. The summed E-state index contributed by atoms with van der Waals surface area (Å²) in [6, 6.07) is 8.81. The first-order valence-corrected chi connectivity index (χ1v) is 6.67. The highest BCUT2D eigenvalue weighted by Crippen LogP contribution is 2.14. The third kappa shape index (κ3) is 4.57. The van der Waals surface area contributed by atoms with Crippen LogP contribution in [0.15, 0.2) is 24.3 Å². The average molecular weight is 256 g/mol. The van der Waals surface area contributed by atoms with Crippen LogP contribution in [0.3, 0.4) is 0 Å². The number of benzene rings is 1. The van der Waals surface area contributed by atoms with Crippen molar-refractivity contribution in [3.05, 3.63) is 29.8 Å². The molecule has 1 aromatic rings. The number of halogens is 1. The minimum atomic E-state index is 0.521. The lowest BCUT2D eigenvalue weighted by Gasteiger charge is -2.27. The standard InChI is InChI=1S/C14H22ClNO/c1-4-16(10-9-15)12(2)11-13-5-7-14(17-3)8-6-13/h5-8,12H,4,9-11H2,1-3H3. The minimum absolute atomic E-state index is 0.521. The summed E-state index contributed by atoms with van der Waals surface area (Å²) in [6.07, 6.45) is 1.05. The fourth-order valence-corrected chi connectivity index (χ4v) is 2.25. The van der Waals surface area contributed by atoms with Gasteiger partial charge in [-0.3, -0.25) is 4.90 Å². The molecule has 0 bridgehead atoms. The molecule has 2 nitrogen and oxygen atoms in total. The second-order valence-corrected chi connectivity index (χ2v) is 4.60. The summed E-state index contributed by atoms with van der Waals surface area (Å²) in [4.78, 5) is 2.40. The molecule has 0 fully saturated rings. The van der Waals surface area contributed by atoms with Crippen molar-refractivity contribution in [2.45, 2.75) is 26.3 Å². The molecule has 0 N–H and O–H groups in total. The SMILES string of the molecule is CCN(CCCl)C(C)Cc1ccc(OC)cc1. The Kier molecular flexibility index (Phi) is 6.38. The molecule has 0 aliphatic carbocycles. The van der Waals surface area contributed by atoms with Crippen molar-refractivity contribution < 1.29 is 4.74 Å². The Morgan fingerprint density at radius 1 is 1.29 bits per heavy atom. The van der Waals surface area contributed by atoms with Crippen LogP contribution in [0.5, 0.6) is 5.75 Å². The number of likely N-dealkylation sites (N-methyl/N-ethyl adjacent to an activating group) is 1. The van der Waals surface area contributed by atoms with E-state index in [0.717, 1.165) is 25.3 Å². The Bertz CT molecular complexity index is 313. The van der Waals surface area contributed by atoms with Gasteiger partial charge in [0.1, 0.15) is 5.75 Å². The van der Waals surface area contributed by atoms with Crippen LogP contribution in [-0.2, 0) is 6.42 Å². The molecule has 0 aliphatic heterocycles. The molecule has 17 heavy (non-hydrogen) atoms. The van der Waals surface area contributed by atoms with E-state index < -0.39 is 0 Å². The Balaban J connectivity index is 2.56. The molecule has 0 radical (unpaired) electrons. The lowest BCUT2D eigenvalue weighted by atomic mass is 10.1. The third-order valence-electron chi connectivity index (χ3n) is 3.09. The molecule has 0 aliphatic rings. The first kappa shape index (κ1) is 14.3. The van der Waals surface area contributed by atoms with Crippen LogP contribution in [0.4, 0.5) is 0 Å². The maximum absolute atomic E-state index is 5.80. The van der Waals surface area contributed by atoms with Gasteiger partial charge in [-0.25, -0.2) is 0 Å². The van der Waals surface area contributed by atoms with Gasteiger partial charge < -0.3 is 4.74 Å². The second-order valence-electron chi connectivity index (χ2n) is 4.22. The van der Waals surface area contributed by atoms with Gasteiger partial charge in [-0.2, -0.15) is 0 Å². The maximum Gasteiger partial charge on any atom is 0.118 e. The quantitative estimate of drug-likeness (QED) is 0.694. The molecule has 96 valence electrons. The van der Waals surface area contributed by atoms with Crippen molar-refractivity contribution in [3.63, 3.8) is 0 Å². The molecule has 0 heterocycles. The van der Waals surface area contributed by atoms with Crippen molar-refractivity contribution >= 4 is 11.6 Å². The van der Waals surface area contributed by atoms with Crippen LogP contribution in [0.2, 0.25) is 0 Å². The van der Waals surface area contributed by atoms with Crippen LogP contribution in [0, 0.1) is 0 Å². The van der Waals surface area contributed by atoms with Gasteiger partial charge in [0.05, 0.1) is 7.11 Å². The molecular weight excluding hydrogens is 234 g/mol. The molecule has 0 amide bonds. The van der Waals surface area contributed by atoms with E-state index in [-0.39, 0.29) is 0 Å². The van der Waals surface area contributed by atoms with Gasteiger partial charge >= 0.3 is 0 Å². The summed E-state index contributed by atoms with van der Waals surface area (Å²) in [5.74, 6) is 1.61. The highest BCUT2D eigenvalue weighted by molar-refractivity contribution is 6.18. The molecule has 0 spiro atoms. The Labute approximate surface area is 110 Å². The number of rotatable bonds is 7.